The molecule has 0 saturated heterocycles. The highest BCUT2D eigenvalue weighted by atomic mass is 16.5. The summed E-state index contributed by atoms with van der Waals surface area (Å²) in [5.41, 5.74) is 2.24. The Labute approximate surface area is 141 Å². The third-order valence-electron chi connectivity index (χ3n) is 3.95. The maximum atomic E-state index is 12.7. The summed E-state index contributed by atoms with van der Waals surface area (Å²) in [6.07, 6.45) is 0. The Morgan fingerprint density at radius 3 is 2.25 bits per heavy atom. The number of carbonyl (C=O) groups excluding carboxylic acids is 1. The third kappa shape index (κ3) is 3.04. The second-order valence-corrected chi connectivity index (χ2v) is 5.77. The molecule has 0 aromatic heterocycles. The minimum absolute atomic E-state index is 0.189. The van der Waals surface area contributed by atoms with E-state index in [1.165, 1.54) is 0 Å². The first-order valence-electron chi connectivity index (χ1n) is 7.74. The lowest BCUT2D eigenvalue weighted by Crippen LogP contribution is -2.17. The predicted octanol–water partition coefficient (Wildman–Crippen LogP) is 4.17. The Hall–Kier alpha value is -3.01. The molecule has 1 N–H and O–H groups in total. The molecule has 3 aromatic rings. The minimum Gasteiger partial charge on any atom is -0.496 e. The number of hydrogen-bond donors (Lipinski definition) is 1. The average molecular weight is 320 g/mol. The van der Waals surface area contributed by atoms with Crippen molar-refractivity contribution >= 4 is 28.1 Å². The van der Waals surface area contributed by atoms with E-state index in [2.05, 4.69) is 17.4 Å². The number of hydrogen-bond acceptors (Lipinski definition) is 3. The van der Waals surface area contributed by atoms with Gasteiger partial charge in [0.05, 0.1) is 24.0 Å². The van der Waals surface area contributed by atoms with Gasteiger partial charge < -0.3 is 15.0 Å². The number of para-hydroxylation sites is 1. The van der Waals surface area contributed by atoms with E-state index in [-0.39, 0.29) is 5.91 Å². The molecule has 0 aliphatic rings. The monoisotopic (exact) mass is 320 g/mol. The van der Waals surface area contributed by atoms with Crippen molar-refractivity contribution in [1.82, 2.24) is 0 Å². The van der Waals surface area contributed by atoms with E-state index >= 15 is 0 Å². The van der Waals surface area contributed by atoms with Crippen molar-refractivity contribution in [2.45, 2.75) is 0 Å². The molecule has 0 fully saturated rings. The summed E-state index contributed by atoms with van der Waals surface area (Å²) in [6.45, 7) is 0. The quantitative estimate of drug-likeness (QED) is 0.784. The zero-order valence-corrected chi connectivity index (χ0v) is 14.0. The van der Waals surface area contributed by atoms with Crippen molar-refractivity contribution in [2.75, 3.05) is 31.4 Å². The van der Waals surface area contributed by atoms with Crippen molar-refractivity contribution in [2.24, 2.45) is 0 Å². The molecule has 0 heterocycles. The van der Waals surface area contributed by atoms with Crippen molar-refractivity contribution in [1.29, 1.82) is 0 Å². The van der Waals surface area contributed by atoms with Crippen LogP contribution in [0.4, 0.5) is 11.4 Å². The van der Waals surface area contributed by atoms with Crippen molar-refractivity contribution in [3.63, 3.8) is 0 Å². The van der Waals surface area contributed by atoms with Crippen LogP contribution in [0.25, 0.3) is 10.8 Å². The van der Waals surface area contributed by atoms with Crippen LogP contribution in [0.15, 0.2) is 60.7 Å². The summed E-state index contributed by atoms with van der Waals surface area (Å²) >= 11 is 0. The third-order valence-corrected chi connectivity index (χ3v) is 3.95. The molecule has 0 unspecified atom stereocenters. The van der Waals surface area contributed by atoms with E-state index in [1.807, 2.05) is 55.4 Å². The highest BCUT2D eigenvalue weighted by molar-refractivity contribution is 6.09. The van der Waals surface area contributed by atoms with E-state index in [0.717, 1.165) is 22.1 Å². The summed E-state index contributed by atoms with van der Waals surface area (Å²) < 4.78 is 5.28. The van der Waals surface area contributed by atoms with Crippen LogP contribution in [-0.4, -0.2) is 27.1 Å². The standard InChI is InChI=1S/C20H20N2O2/c1-22(2)18-13-15-9-5-4-8-14(15)12-17(18)21-20(23)16-10-6-7-11-19(16)24-3/h4-13H,1-3H3,(H,21,23). The Bertz CT molecular complexity index is 888. The fourth-order valence-corrected chi connectivity index (χ4v) is 2.72. The first kappa shape index (κ1) is 15.9. The SMILES string of the molecule is COc1ccccc1C(=O)Nc1cc2ccccc2cc1N(C)C. The number of methoxy groups -OCH3 is 1. The first-order valence-corrected chi connectivity index (χ1v) is 7.74. The number of carbonyl (C=O) groups is 1. The fourth-order valence-electron chi connectivity index (χ4n) is 2.72. The van der Waals surface area contributed by atoms with Gasteiger partial charge in [-0.2, -0.15) is 0 Å². The number of benzene rings is 3. The second kappa shape index (κ2) is 6.62. The summed E-state index contributed by atoms with van der Waals surface area (Å²) in [5.74, 6) is 0.369. The second-order valence-electron chi connectivity index (χ2n) is 5.77. The summed E-state index contributed by atoms with van der Waals surface area (Å²) in [5, 5.41) is 5.23. The molecule has 3 aromatic carbocycles. The normalized spacial score (nSPS) is 10.5. The van der Waals surface area contributed by atoms with Crippen LogP contribution >= 0.6 is 0 Å². The van der Waals surface area contributed by atoms with Crippen LogP contribution in [0.2, 0.25) is 0 Å². The molecule has 122 valence electrons. The molecule has 3 rings (SSSR count). The van der Waals surface area contributed by atoms with Gasteiger partial charge in [-0.15, -0.1) is 0 Å². The van der Waals surface area contributed by atoms with E-state index < -0.39 is 0 Å². The largest absolute Gasteiger partial charge is 0.496 e. The van der Waals surface area contributed by atoms with Gasteiger partial charge in [0, 0.05) is 14.1 Å². The lowest BCUT2D eigenvalue weighted by atomic mass is 10.1. The molecular weight excluding hydrogens is 300 g/mol. The van der Waals surface area contributed by atoms with E-state index in [1.54, 1.807) is 19.2 Å². The van der Waals surface area contributed by atoms with E-state index in [4.69, 9.17) is 4.74 Å². The Morgan fingerprint density at radius 1 is 0.958 bits per heavy atom. The van der Waals surface area contributed by atoms with E-state index in [9.17, 15) is 4.79 Å². The van der Waals surface area contributed by atoms with Crippen LogP contribution in [0.5, 0.6) is 5.75 Å². The topological polar surface area (TPSA) is 41.6 Å². The van der Waals surface area contributed by atoms with Gasteiger partial charge in [-0.05, 0) is 35.0 Å². The molecule has 24 heavy (non-hydrogen) atoms. The minimum atomic E-state index is -0.189. The van der Waals surface area contributed by atoms with Crippen LogP contribution in [-0.2, 0) is 0 Å². The van der Waals surface area contributed by atoms with Gasteiger partial charge in [-0.3, -0.25) is 4.79 Å². The lowest BCUT2D eigenvalue weighted by Gasteiger charge is -2.19. The zero-order valence-electron chi connectivity index (χ0n) is 14.0. The highest BCUT2D eigenvalue weighted by Crippen LogP contribution is 2.31. The number of fused-ring (bicyclic) bond motifs is 1. The van der Waals surface area contributed by atoms with Crippen molar-refractivity contribution < 1.29 is 9.53 Å². The van der Waals surface area contributed by atoms with Crippen LogP contribution in [0.3, 0.4) is 0 Å². The number of rotatable bonds is 4. The van der Waals surface area contributed by atoms with Crippen molar-refractivity contribution in [3.05, 3.63) is 66.2 Å². The lowest BCUT2D eigenvalue weighted by molar-refractivity contribution is 0.102. The number of ether oxygens (including phenoxy) is 1. The van der Waals surface area contributed by atoms with Gasteiger partial charge in [0.25, 0.3) is 5.91 Å². The Morgan fingerprint density at radius 2 is 1.58 bits per heavy atom. The first-order chi connectivity index (χ1) is 11.6. The molecule has 0 aliphatic carbocycles. The highest BCUT2D eigenvalue weighted by Gasteiger charge is 2.15. The predicted molar refractivity (Wildman–Crippen MR) is 99.2 cm³/mol. The van der Waals surface area contributed by atoms with Crippen LogP contribution < -0.4 is 15.0 Å². The molecule has 0 aliphatic heterocycles. The van der Waals surface area contributed by atoms with Crippen LogP contribution in [0, 0.1) is 0 Å². The summed E-state index contributed by atoms with van der Waals surface area (Å²) in [4.78, 5) is 14.7. The molecule has 4 heteroatoms. The molecular formula is C20H20N2O2. The maximum absolute atomic E-state index is 12.7. The molecule has 0 saturated carbocycles. The Kier molecular flexibility index (Phi) is 4.38. The van der Waals surface area contributed by atoms with Gasteiger partial charge in [0.2, 0.25) is 0 Å². The van der Waals surface area contributed by atoms with Crippen molar-refractivity contribution in [3.8, 4) is 5.75 Å². The molecule has 0 atom stereocenters. The molecule has 0 radical (unpaired) electrons. The van der Waals surface area contributed by atoms with Gasteiger partial charge in [-0.1, -0.05) is 36.4 Å². The van der Waals surface area contributed by atoms with Gasteiger partial charge in [0.1, 0.15) is 5.75 Å². The summed E-state index contributed by atoms with van der Waals surface area (Å²) in [7, 11) is 5.49. The zero-order chi connectivity index (χ0) is 17.1. The number of anilines is 2. The molecule has 4 nitrogen and oxygen atoms in total. The van der Waals surface area contributed by atoms with E-state index in [0.29, 0.717) is 11.3 Å². The van der Waals surface area contributed by atoms with Gasteiger partial charge in [0.15, 0.2) is 0 Å². The number of nitrogens with one attached hydrogen (secondary N) is 1. The van der Waals surface area contributed by atoms with Gasteiger partial charge in [-0.25, -0.2) is 0 Å². The summed E-state index contributed by atoms with van der Waals surface area (Å²) in [6, 6.07) is 19.4. The fraction of sp³-hybridized carbons (Fsp3) is 0.150. The molecule has 0 bridgehead atoms. The molecule has 1 amide bonds. The Balaban J connectivity index is 2.02. The number of nitrogens with zero attached hydrogens (tertiary/aromatic N) is 1. The van der Waals surface area contributed by atoms with Crippen LogP contribution in [0.1, 0.15) is 10.4 Å². The average Bonchev–Trinajstić information content (AvgIpc) is 2.60. The smallest absolute Gasteiger partial charge is 0.259 e. The van der Waals surface area contributed by atoms with Gasteiger partial charge >= 0.3 is 0 Å². The maximum Gasteiger partial charge on any atom is 0.259 e. The molecule has 0 spiro atoms. The number of amides is 1.